The number of hydrogen-bond donors (Lipinski definition) is 15. The number of imidazole rings is 1. The van der Waals surface area contributed by atoms with E-state index < -0.39 is 0 Å². The molecular formula is C99H152N26O14S5. The number of methoxy groups -OCH3 is 2. The van der Waals surface area contributed by atoms with Crippen LogP contribution in [0, 0.1) is 6.92 Å². The van der Waals surface area contributed by atoms with Crippen molar-refractivity contribution in [2.45, 2.75) is 240 Å². The van der Waals surface area contributed by atoms with Crippen LogP contribution in [0.15, 0.2) is 147 Å². The summed E-state index contributed by atoms with van der Waals surface area (Å²) in [6.45, 7) is 17.1. The Balaban J connectivity index is 0.000000373. The summed E-state index contributed by atoms with van der Waals surface area (Å²) >= 11 is 0. The van der Waals surface area contributed by atoms with Crippen molar-refractivity contribution < 1.29 is 68.2 Å². The van der Waals surface area contributed by atoms with Gasteiger partial charge in [0.1, 0.15) is 37.8 Å². The van der Waals surface area contributed by atoms with Gasteiger partial charge in [-0.2, -0.15) is 97.5 Å². The first-order chi connectivity index (χ1) is 67.6. The molecule has 0 saturated carbocycles. The third kappa shape index (κ3) is 41.5. The Bertz CT molecular complexity index is 5560. The number of fused-ring (bicyclic) bond motifs is 2. The van der Waals surface area contributed by atoms with E-state index in [1.54, 1.807) is 62.1 Å². The molecule has 144 heavy (non-hydrogen) atoms. The maximum Gasteiger partial charge on any atom is 0.231 e. The normalized spacial score (nSPS) is 12.0. The fourth-order valence-corrected chi connectivity index (χ4v) is 14.9. The number of hydrogen-bond acceptors (Lipinski definition) is 38. The fourth-order valence-electron chi connectivity index (χ4n) is 14.9. The van der Waals surface area contributed by atoms with Gasteiger partial charge < -0.3 is 128 Å². The zero-order valence-corrected chi connectivity index (χ0v) is 89.2. The van der Waals surface area contributed by atoms with E-state index in [9.17, 15) is 25.5 Å². The van der Waals surface area contributed by atoms with Gasteiger partial charge in [0.2, 0.25) is 36.5 Å². The summed E-state index contributed by atoms with van der Waals surface area (Å²) in [7, 11) is 5.01. The molecule has 0 amide bonds. The minimum atomic E-state index is 0. The van der Waals surface area contributed by atoms with Gasteiger partial charge in [-0.15, -0.1) is 0 Å². The number of pyridine rings is 2. The molecule has 0 radical (unpaired) electrons. The Hall–Kier alpha value is -12.2. The SMILES string of the molecule is CCCC[C@@H](CCO)Nc1nc(N)ncc1OCCCc1ccc2c(c1)OCO2.CCCC[C@@H](CCO)Nc1nc(N)ncc1OCc1cncn1[C@@H](C)c1ccccc1.CCCC[C@@H](CCO)Nc1nc(N)ncc1OCc1nccc(OC)c1OC.CCC[C@@H](CCO)Nc1nc(N)ncc1OCc1cc(C)n(C)n1.CCC[C@@H](CCO)Nc1nc(N)ncc1OCc1cc2ccccc2cn1.S.S.S.S.S. The maximum absolute atomic E-state index is 9.40. The smallest absolute Gasteiger partial charge is 0.231 e. The molecule has 0 unspecified atom stereocenters. The van der Waals surface area contributed by atoms with Crippen molar-refractivity contribution in [3.05, 3.63) is 186 Å². The minimum absolute atomic E-state index is 0. The Morgan fingerprint density at radius 1 is 0.410 bits per heavy atom. The summed E-state index contributed by atoms with van der Waals surface area (Å²) in [6.07, 6.45) is 32.8. The zero-order valence-electron chi connectivity index (χ0n) is 84.2. The van der Waals surface area contributed by atoms with Crippen LogP contribution in [0.5, 0.6) is 51.7 Å². The number of anilines is 10. The molecule has 45 heteroatoms. The lowest BCUT2D eigenvalue weighted by atomic mass is 10.1. The summed E-state index contributed by atoms with van der Waals surface area (Å²) in [6, 6.07) is 30.6. The number of benzene rings is 3. The number of aliphatic hydroxyl groups excluding tert-OH is 5. The molecule has 0 aliphatic carbocycles. The predicted octanol–water partition coefficient (Wildman–Crippen LogP) is 14.7. The monoisotopic (exact) mass is 2090 g/mol. The van der Waals surface area contributed by atoms with E-state index >= 15 is 0 Å². The van der Waals surface area contributed by atoms with E-state index in [0.29, 0.717) is 134 Å². The van der Waals surface area contributed by atoms with Crippen molar-refractivity contribution in [3.8, 4) is 51.7 Å². The van der Waals surface area contributed by atoms with Crippen LogP contribution in [-0.2, 0) is 39.9 Å². The molecule has 3 aromatic carbocycles. The molecule has 0 fully saturated rings. The Kier molecular flexibility index (Phi) is 59.4. The molecule has 12 aromatic rings. The molecular weight excluding hydrogens is 1940 g/mol. The van der Waals surface area contributed by atoms with Gasteiger partial charge in [-0.05, 0) is 132 Å². The number of aliphatic hydroxyl groups is 5. The molecule has 0 bridgehead atoms. The fraction of sp³-hybridized carbons (Fsp3) is 0.475. The van der Waals surface area contributed by atoms with Crippen molar-refractivity contribution in [1.29, 1.82) is 0 Å². The Labute approximate surface area is 879 Å². The number of nitrogens with one attached hydrogen (secondary N) is 5. The van der Waals surface area contributed by atoms with Gasteiger partial charge in [-0.25, -0.2) is 29.9 Å². The third-order valence-corrected chi connectivity index (χ3v) is 22.4. The second-order valence-corrected chi connectivity index (χ2v) is 33.1. The van der Waals surface area contributed by atoms with Crippen LogP contribution >= 0.6 is 67.5 Å². The minimum Gasteiger partial charge on any atom is -0.493 e. The maximum atomic E-state index is 9.40. The molecule has 10 heterocycles. The molecule has 13 rings (SSSR count). The summed E-state index contributed by atoms with van der Waals surface area (Å²) in [5.74, 6) is 8.81. The van der Waals surface area contributed by atoms with E-state index in [1.807, 2.05) is 99.3 Å². The van der Waals surface area contributed by atoms with Crippen LogP contribution < -0.4 is 97.9 Å². The topological polar surface area (TPSA) is 565 Å². The highest BCUT2D eigenvalue weighted by Gasteiger charge is 2.24. The van der Waals surface area contributed by atoms with Crippen LogP contribution in [0.25, 0.3) is 10.8 Å². The third-order valence-electron chi connectivity index (χ3n) is 22.4. The number of aromatic nitrogens is 16. The van der Waals surface area contributed by atoms with Crippen molar-refractivity contribution in [2.24, 2.45) is 7.05 Å². The predicted molar refractivity (Wildman–Crippen MR) is 591 cm³/mol. The standard InChI is InChI=1S/C23H32N6O2.C21H30N4O4.C20H25N5O2.C19H29N5O4.C16H26N6O2.5H2S/c1-3-4-10-19(11-12-30)27-22-21(14-26-23(24)28-22)31-15-20-13-25-16-29(20)17(2)18-8-6-5-7-9-18;1-2-3-6-16(9-10-26)24-20-19(13-23-21(22)25-20)27-11-4-5-15-7-8-17-18(12-15)29-14-28-17;1-2-5-16(8-9-26)24-19-18(12-23-20(21)25-19)27-13-17-10-14-6-3-4-7-15(14)11-22-17;1-4-5-6-13(8-10-25)23-18-16(11-22-19(20)24-18)28-12-14-17(27-3)15(26-2)7-9-21-14;1-4-5-12(6-7-23)19-15-14(9-18-16(17)20-15)24-10-13-8-11(2)22(3)21-13;;;;;/h5-9,13-14,16-17,19,30H,3-4,10-12,15H2,1-2H3,(H3,24,26,27,28);7-8,12-13,16,26H,2-6,9-11,14H2,1H3,(H3,22,23,24,25);3-4,6-7,10-12,16,26H,2,5,8-9,13H2,1H3,(H3,21,23,24,25);7,9,11,13,25H,4-6,8,10,12H2,1-3H3,(H3,20,22,23,24);8-9,12,23H,4-7,10H2,1-3H3,(H3,17,18,19,20);5*1H2/t17-,19-;2*16-;13-;12-;;;;;/m00000...../s1. The zero-order chi connectivity index (χ0) is 99.5. The first-order valence-electron chi connectivity index (χ1n) is 47.6. The number of nitrogen functional groups attached to an aromatic ring is 5. The highest BCUT2D eigenvalue weighted by molar-refractivity contribution is 7.60. The molecule has 20 N–H and O–H groups in total. The van der Waals surface area contributed by atoms with Gasteiger partial charge in [-0.1, -0.05) is 147 Å². The number of nitrogens with two attached hydrogens (primary N) is 5. The van der Waals surface area contributed by atoms with E-state index in [1.165, 1.54) is 17.3 Å². The van der Waals surface area contributed by atoms with Gasteiger partial charge in [-0.3, -0.25) is 14.6 Å². The Morgan fingerprint density at radius 3 is 1.26 bits per heavy atom. The van der Waals surface area contributed by atoms with Gasteiger partial charge in [0, 0.05) is 99.8 Å². The molecule has 0 saturated heterocycles. The first-order valence-corrected chi connectivity index (χ1v) is 47.6. The van der Waals surface area contributed by atoms with Crippen LogP contribution in [0.2, 0.25) is 0 Å². The molecule has 1 aliphatic heterocycles. The van der Waals surface area contributed by atoms with Crippen LogP contribution in [-0.4, -0.2) is 196 Å². The van der Waals surface area contributed by atoms with E-state index in [0.717, 1.165) is 141 Å². The second kappa shape index (κ2) is 68.9. The molecule has 6 atom stereocenters. The summed E-state index contributed by atoms with van der Waals surface area (Å²) in [5.41, 5.74) is 35.4. The van der Waals surface area contributed by atoms with Gasteiger partial charge >= 0.3 is 0 Å². The van der Waals surface area contributed by atoms with E-state index in [-0.39, 0.29) is 180 Å². The largest absolute Gasteiger partial charge is 0.493 e. The van der Waals surface area contributed by atoms with Crippen molar-refractivity contribution in [1.82, 2.24) is 79.1 Å². The molecule has 1 aliphatic rings. The number of nitrogens with zero attached hydrogens (tertiary/aromatic N) is 16. The van der Waals surface area contributed by atoms with E-state index in [4.69, 9.17) is 71.3 Å². The Morgan fingerprint density at radius 2 is 0.833 bits per heavy atom. The van der Waals surface area contributed by atoms with Crippen molar-refractivity contribution >= 4 is 137 Å². The molecule has 0 spiro atoms. The quantitative estimate of drug-likeness (QED) is 0.0157. The van der Waals surface area contributed by atoms with Crippen molar-refractivity contribution in [3.63, 3.8) is 0 Å². The first kappa shape index (κ1) is 124. The van der Waals surface area contributed by atoms with E-state index in [2.05, 4.69) is 155 Å². The molecule has 792 valence electrons. The van der Waals surface area contributed by atoms with Crippen LogP contribution in [0.4, 0.5) is 58.8 Å². The average molecular weight is 2090 g/mol. The highest BCUT2D eigenvalue weighted by Crippen LogP contribution is 2.36. The number of aryl methyl sites for hydroxylation is 3. The number of rotatable bonds is 54. The lowest BCUT2D eigenvalue weighted by molar-refractivity contribution is 0.174. The second-order valence-electron chi connectivity index (χ2n) is 33.1. The van der Waals surface area contributed by atoms with Gasteiger partial charge in [0.05, 0.1) is 81.8 Å². The molecule has 9 aromatic heterocycles. The van der Waals surface area contributed by atoms with Crippen molar-refractivity contribution in [2.75, 3.05) is 116 Å². The van der Waals surface area contributed by atoms with Gasteiger partial charge in [0.15, 0.2) is 80.8 Å². The van der Waals surface area contributed by atoms with Crippen LogP contribution in [0.1, 0.15) is 209 Å². The number of unbranched alkanes of at least 4 members (excludes halogenated alkanes) is 3. The summed E-state index contributed by atoms with van der Waals surface area (Å²) in [4.78, 5) is 54.7. The molecule has 40 nitrogen and oxygen atoms in total. The number of ether oxygens (including phenoxy) is 9. The van der Waals surface area contributed by atoms with Crippen LogP contribution in [0.3, 0.4) is 0 Å². The highest BCUT2D eigenvalue weighted by atomic mass is 32.1. The lowest BCUT2D eigenvalue weighted by Crippen LogP contribution is -2.22. The average Bonchev–Trinajstić information content (AvgIpc) is 0.987. The summed E-state index contributed by atoms with van der Waals surface area (Å²) in [5, 5.41) is 69.8. The summed E-state index contributed by atoms with van der Waals surface area (Å²) < 4.78 is 55.0. The van der Waals surface area contributed by atoms with Gasteiger partial charge in [0.25, 0.3) is 0 Å². The lowest BCUT2D eigenvalue weighted by Gasteiger charge is -2.21.